The molecule has 1 saturated carbocycles. The molecule has 1 fully saturated rings. The van der Waals surface area contributed by atoms with Crippen LogP contribution in [0.25, 0.3) is 0 Å². The Morgan fingerprint density at radius 2 is 2.00 bits per heavy atom. The molecular formula is C19H30N2O4S2. The zero-order chi connectivity index (χ0) is 19.9. The molecule has 0 aromatic heterocycles. The third-order valence-corrected chi connectivity index (χ3v) is 7.13. The predicted molar refractivity (Wildman–Crippen MR) is 112 cm³/mol. The molecule has 1 aromatic carbocycles. The Balaban J connectivity index is 1.94. The molecule has 0 saturated heterocycles. The van der Waals surface area contributed by atoms with Crippen molar-refractivity contribution in [3.63, 3.8) is 0 Å². The number of nitrogens with one attached hydrogen (secondary N) is 1. The van der Waals surface area contributed by atoms with Crippen LogP contribution in [0, 0.1) is 6.92 Å². The van der Waals surface area contributed by atoms with Gasteiger partial charge in [-0.1, -0.05) is 25.3 Å². The summed E-state index contributed by atoms with van der Waals surface area (Å²) < 4.78 is 30.9. The molecule has 1 aromatic rings. The number of ether oxygens (including phenoxy) is 1. The molecule has 1 aliphatic carbocycles. The van der Waals surface area contributed by atoms with Crippen molar-refractivity contribution in [3.8, 4) is 5.75 Å². The quantitative estimate of drug-likeness (QED) is 0.629. The summed E-state index contributed by atoms with van der Waals surface area (Å²) >= 11 is 1.90. The molecule has 0 unspecified atom stereocenters. The van der Waals surface area contributed by atoms with Crippen LogP contribution in [0.1, 0.15) is 37.7 Å². The fourth-order valence-electron chi connectivity index (χ4n) is 3.21. The second-order valence-corrected chi connectivity index (χ2v) is 10.2. The summed E-state index contributed by atoms with van der Waals surface area (Å²) in [5, 5.41) is 3.53. The lowest BCUT2D eigenvalue weighted by molar-refractivity contribution is -0.119. The SMILES string of the molecule is COc1ccc(C)cc1N(CC(=O)NCCSC1CCCCC1)S(C)(=O)=O. The second kappa shape index (κ2) is 10.2. The number of thioether (sulfide) groups is 1. The molecule has 0 spiro atoms. The van der Waals surface area contributed by atoms with E-state index in [1.54, 1.807) is 12.1 Å². The molecule has 0 aliphatic heterocycles. The van der Waals surface area contributed by atoms with Gasteiger partial charge in [-0.25, -0.2) is 8.42 Å². The Morgan fingerprint density at radius 1 is 1.30 bits per heavy atom. The van der Waals surface area contributed by atoms with Gasteiger partial charge < -0.3 is 10.1 Å². The minimum absolute atomic E-state index is 0.257. The van der Waals surface area contributed by atoms with Crippen LogP contribution < -0.4 is 14.4 Å². The highest BCUT2D eigenvalue weighted by molar-refractivity contribution is 7.99. The molecule has 152 valence electrons. The molecule has 1 N–H and O–H groups in total. The first-order valence-corrected chi connectivity index (χ1v) is 12.2. The van der Waals surface area contributed by atoms with Crippen molar-refractivity contribution >= 4 is 33.4 Å². The van der Waals surface area contributed by atoms with Crippen LogP contribution in [0.2, 0.25) is 0 Å². The van der Waals surface area contributed by atoms with Gasteiger partial charge in [0.05, 0.1) is 19.1 Å². The lowest BCUT2D eigenvalue weighted by atomic mass is 10.0. The van der Waals surface area contributed by atoms with Gasteiger partial charge in [0, 0.05) is 17.5 Å². The van der Waals surface area contributed by atoms with E-state index in [1.165, 1.54) is 39.2 Å². The Hall–Kier alpha value is -1.41. The van der Waals surface area contributed by atoms with Crippen molar-refractivity contribution in [3.05, 3.63) is 23.8 Å². The van der Waals surface area contributed by atoms with E-state index in [0.29, 0.717) is 23.2 Å². The fourth-order valence-corrected chi connectivity index (χ4v) is 5.28. The molecule has 8 heteroatoms. The van der Waals surface area contributed by atoms with Gasteiger partial charge in [0.1, 0.15) is 12.3 Å². The molecule has 27 heavy (non-hydrogen) atoms. The van der Waals surface area contributed by atoms with E-state index < -0.39 is 10.0 Å². The Bertz CT molecular complexity index is 731. The molecule has 0 heterocycles. The highest BCUT2D eigenvalue weighted by Crippen LogP contribution is 2.31. The molecular weight excluding hydrogens is 384 g/mol. The van der Waals surface area contributed by atoms with E-state index in [1.807, 2.05) is 24.8 Å². The number of anilines is 1. The number of rotatable bonds is 9. The maximum atomic E-state index is 12.3. The zero-order valence-corrected chi connectivity index (χ0v) is 18.0. The van der Waals surface area contributed by atoms with Crippen molar-refractivity contribution in [2.24, 2.45) is 0 Å². The van der Waals surface area contributed by atoms with Gasteiger partial charge in [0.15, 0.2) is 0 Å². The Labute approximate surface area is 167 Å². The average molecular weight is 415 g/mol. The summed E-state index contributed by atoms with van der Waals surface area (Å²) in [7, 11) is -2.14. The normalized spacial score (nSPS) is 15.4. The Kier molecular flexibility index (Phi) is 8.28. The molecule has 1 amide bonds. The number of methoxy groups -OCH3 is 1. The van der Waals surface area contributed by atoms with Gasteiger partial charge in [-0.3, -0.25) is 9.10 Å². The number of carbonyl (C=O) groups is 1. The number of nitrogens with zero attached hydrogens (tertiary/aromatic N) is 1. The molecule has 1 aliphatic rings. The van der Waals surface area contributed by atoms with Crippen LogP contribution in [0.15, 0.2) is 18.2 Å². The van der Waals surface area contributed by atoms with E-state index in [0.717, 1.165) is 21.9 Å². The van der Waals surface area contributed by atoms with E-state index in [9.17, 15) is 13.2 Å². The fraction of sp³-hybridized carbons (Fsp3) is 0.632. The summed E-state index contributed by atoms with van der Waals surface area (Å²) in [4.78, 5) is 12.3. The second-order valence-electron chi connectivity index (χ2n) is 6.93. The monoisotopic (exact) mass is 414 g/mol. The lowest BCUT2D eigenvalue weighted by Crippen LogP contribution is -2.41. The topological polar surface area (TPSA) is 75.7 Å². The van der Waals surface area contributed by atoms with E-state index >= 15 is 0 Å². The first kappa shape index (κ1) is 21.9. The smallest absolute Gasteiger partial charge is 0.240 e. The van der Waals surface area contributed by atoms with Crippen molar-refractivity contribution in [2.75, 3.05) is 36.5 Å². The maximum Gasteiger partial charge on any atom is 0.240 e. The molecule has 2 rings (SSSR count). The summed E-state index contributed by atoms with van der Waals surface area (Å²) in [6.07, 6.45) is 7.54. The summed E-state index contributed by atoms with van der Waals surface area (Å²) in [5.74, 6) is 0.961. The summed E-state index contributed by atoms with van der Waals surface area (Å²) in [6.45, 7) is 2.15. The van der Waals surface area contributed by atoms with Crippen LogP contribution >= 0.6 is 11.8 Å². The Morgan fingerprint density at radius 3 is 2.63 bits per heavy atom. The number of benzene rings is 1. The molecule has 0 bridgehead atoms. The van der Waals surface area contributed by atoms with Gasteiger partial charge in [-0.15, -0.1) is 0 Å². The maximum absolute atomic E-state index is 12.3. The van der Waals surface area contributed by atoms with Gasteiger partial charge in [-0.2, -0.15) is 11.8 Å². The van der Waals surface area contributed by atoms with E-state index in [2.05, 4.69) is 5.32 Å². The molecule has 0 atom stereocenters. The van der Waals surface area contributed by atoms with Gasteiger partial charge in [0.2, 0.25) is 15.9 Å². The third-order valence-electron chi connectivity index (χ3n) is 4.62. The lowest BCUT2D eigenvalue weighted by Gasteiger charge is -2.24. The standard InChI is InChI=1S/C19H30N2O4S2/c1-15-9-10-18(25-2)17(13-15)21(27(3,23)24)14-19(22)20-11-12-26-16-7-5-4-6-8-16/h9-10,13,16H,4-8,11-12,14H2,1-3H3,(H,20,22). The highest BCUT2D eigenvalue weighted by Gasteiger charge is 2.24. The van der Waals surface area contributed by atoms with Crippen LogP contribution in [0.3, 0.4) is 0 Å². The van der Waals surface area contributed by atoms with Gasteiger partial charge in [-0.05, 0) is 37.5 Å². The number of amides is 1. The van der Waals surface area contributed by atoms with Crippen LogP contribution in [-0.4, -0.2) is 51.8 Å². The van der Waals surface area contributed by atoms with Crippen LogP contribution in [0.5, 0.6) is 5.75 Å². The summed E-state index contributed by atoms with van der Waals surface area (Å²) in [5.41, 5.74) is 1.27. The predicted octanol–water partition coefficient (Wildman–Crippen LogP) is 2.95. The third kappa shape index (κ3) is 6.92. The number of hydrogen-bond acceptors (Lipinski definition) is 5. The largest absolute Gasteiger partial charge is 0.495 e. The minimum atomic E-state index is -3.62. The van der Waals surface area contributed by atoms with Gasteiger partial charge >= 0.3 is 0 Å². The van der Waals surface area contributed by atoms with E-state index in [-0.39, 0.29) is 12.5 Å². The minimum Gasteiger partial charge on any atom is -0.495 e. The van der Waals surface area contributed by atoms with E-state index in [4.69, 9.17) is 4.74 Å². The van der Waals surface area contributed by atoms with Crippen molar-refractivity contribution in [1.29, 1.82) is 0 Å². The average Bonchev–Trinajstić information content (AvgIpc) is 2.63. The number of sulfonamides is 1. The first-order valence-electron chi connectivity index (χ1n) is 9.32. The molecule has 0 radical (unpaired) electrons. The van der Waals surface area contributed by atoms with Crippen molar-refractivity contribution in [1.82, 2.24) is 5.32 Å². The van der Waals surface area contributed by atoms with Crippen LogP contribution in [0.4, 0.5) is 5.69 Å². The number of carbonyl (C=O) groups excluding carboxylic acids is 1. The molecule has 6 nitrogen and oxygen atoms in total. The highest BCUT2D eigenvalue weighted by atomic mass is 32.2. The zero-order valence-electron chi connectivity index (χ0n) is 16.4. The first-order chi connectivity index (χ1) is 12.8. The number of hydrogen-bond donors (Lipinski definition) is 1. The van der Waals surface area contributed by atoms with Crippen LogP contribution in [-0.2, 0) is 14.8 Å². The summed E-state index contributed by atoms with van der Waals surface area (Å²) in [6, 6.07) is 5.26. The van der Waals surface area contributed by atoms with Crippen molar-refractivity contribution < 1.29 is 17.9 Å². The number of aryl methyl sites for hydroxylation is 1. The van der Waals surface area contributed by atoms with Crippen molar-refractivity contribution in [2.45, 2.75) is 44.3 Å². The van der Waals surface area contributed by atoms with Gasteiger partial charge in [0.25, 0.3) is 0 Å².